The first-order chi connectivity index (χ1) is 8.29. The van der Waals surface area contributed by atoms with Crippen molar-refractivity contribution >= 4 is 0 Å². The van der Waals surface area contributed by atoms with Crippen LogP contribution in [0.3, 0.4) is 0 Å². The molecule has 100 valence electrons. The highest BCUT2D eigenvalue weighted by Gasteiger charge is 2.29. The van der Waals surface area contributed by atoms with Crippen LogP contribution in [0.25, 0.3) is 0 Å². The highest BCUT2D eigenvalue weighted by Crippen LogP contribution is 2.29. The molecule has 0 aromatic heterocycles. The molecule has 3 nitrogen and oxygen atoms in total. The summed E-state index contributed by atoms with van der Waals surface area (Å²) in [6.07, 6.45) is 4.16. The Morgan fingerprint density at radius 2 is 2.00 bits per heavy atom. The normalized spacial score (nSPS) is 36.0. The highest BCUT2D eigenvalue weighted by molar-refractivity contribution is 4.85. The molecule has 3 heteroatoms. The van der Waals surface area contributed by atoms with Crippen LogP contribution in [0.5, 0.6) is 0 Å². The number of ether oxygens (including phenoxy) is 1. The molecule has 3 unspecified atom stereocenters. The lowest BCUT2D eigenvalue weighted by Gasteiger charge is -2.39. The monoisotopic (exact) mass is 240 g/mol. The molecule has 0 amide bonds. The molecule has 1 heterocycles. The van der Waals surface area contributed by atoms with E-state index >= 15 is 0 Å². The first-order valence-electron chi connectivity index (χ1n) is 7.33. The van der Waals surface area contributed by atoms with Crippen LogP contribution in [0.4, 0.5) is 0 Å². The van der Waals surface area contributed by atoms with Gasteiger partial charge < -0.3 is 10.1 Å². The Hall–Kier alpha value is -0.120. The van der Waals surface area contributed by atoms with Gasteiger partial charge in [-0.2, -0.15) is 0 Å². The van der Waals surface area contributed by atoms with Gasteiger partial charge >= 0.3 is 0 Å². The lowest BCUT2D eigenvalue weighted by Crippen LogP contribution is -2.48. The van der Waals surface area contributed by atoms with E-state index in [1.165, 1.54) is 25.8 Å². The summed E-state index contributed by atoms with van der Waals surface area (Å²) in [7, 11) is 0. The molecule has 1 aliphatic carbocycles. The summed E-state index contributed by atoms with van der Waals surface area (Å²) >= 11 is 0. The van der Waals surface area contributed by atoms with Crippen molar-refractivity contribution in [3.63, 3.8) is 0 Å². The van der Waals surface area contributed by atoms with Crippen LogP contribution in [0.1, 0.15) is 33.1 Å². The van der Waals surface area contributed by atoms with Crippen molar-refractivity contribution in [3.8, 4) is 0 Å². The lowest BCUT2D eigenvalue weighted by molar-refractivity contribution is 0.0219. The molecule has 0 aromatic carbocycles. The third-order valence-corrected chi connectivity index (χ3v) is 4.31. The van der Waals surface area contributed by atoms with Crippen molar-refractivity contribution in [1.29, 1.82) is 0 Å². The van der Waals surface area contributed by atoms with Crippen LogP contribution >= 0.6 is 0 Å². The van der Waals surface area contributed by atoms with Gasteiger partial charge in [-0.1, -0.05) is 13.8 Å². The number of rotatable bonds is 4. The second kappa shape index (κ2) is 6.72. The molecule has 1 aliphatic heterocycles. The van der Waals surface area contributed by atoms with Gasteiger partial charge in [0.1, 0.15) is 0 Å². The maximum atomic E-state index is 5.43. The minimum atomic E-state index is 0.749. The van der Waals surface area contributed by atoms with E-state index in [4.69, 9.17) is 4.74 Å². The Morgan fingerprint density at radius 1 is 1.24 bits per heavy atom. The molecule has 0 aromatic rings. The number of nitrogens with one attached hydrogen (secondary N) is 1. The third-order valence-electron chi connectivity index (χ3n) is 4.31. The van der Waals surface area contributed by atoms with Crippen molar-refractivity contribution in [3.05, 3.63) is 0 Å². The van der Waals surface area contributed by atoms with Crippen molar-refractivity contribution in [2.24, 2.45) is 11.8 Å². The second-order valence-corrected chi connectivity index (χ2v) is 5.76. The number of morpholine rings is 1. The van der Waals surface area contributed by atoms with E-state index in [-0.39, 0.29) is 0 Å². The zero-order valence-electron chi connectivity index (χ0n) is 11.5. The molecule has 2 fully saturated rings. The van der Waals surface area contributed by atoms with Crippen LogP contribution in [0.2, 0.25) is 0 Å². The van der Waals surface area contributed by atoms with Gasteiger partial charge in [-0.15, -0.1) is 0 Å². The van der Waals surface area contributed by atoms with E-state index in [0.717, 1.165) is 50.7 Å². The molecule has 1 N–H and O–H groups in total. The predicted octanol–water partition coefficient (Wildman–Crippen LogP) is 1.73. The smallest absolute Gasteiger partial charge is 0.0594 e. The Kier molecular flexibility index (Phi) is 5.26. The average molecular weight is 240 g/mol. The van der Waals surface area contributed by atoms with E-state index in [9.17, 15) is 0 Å². The van der Waals surface area contributed by atoms with Crippen molar-refractivity contribution in [2.45, 2.75) is 39.2 Å². The van der Waals surface area contributed by atoms with E-state index in [0.29, 0.717) is 0 Å². The summed E-state index contributed by atoms with van der Waals surface area (Å²) < 4.78 is 5.43. The summed E-state index contributed by atoms with van der Waals surface area (Å²) in [6.45, 7) is 11.1. The molecule has 1 saturated heterocycles. The lowest BCUT2D eigenvalue weighted by atomic mass is 9.78. The molecule has 0 bridgehead atoms. The number of nitrogens with zero attached hydrogens (tertiary/aromatic N) is 1. The SMILES string of the molecule is CCNC1CCC(C)CC1CN1CCOCC1. The maximum absolute atomic E-state index is 5.43. The van der Waals surface area contributed by atoms with E-state index in [1.807, 2.05) is 0 Å². The zero-order chi connectivity index (χ0) is 12.1. The Morgan fingerprint density at radius 3 is 2.71 bits per heavy atom. The molecular weight excluding hydrogens is 212 g/mol. The fraction of sp³-hybridized carbons (Fsp3) is 1.00. The second-order valence-electron chi connectivity index (χ2n) is 5.76. The average Bonchev–Trinajstić information content (AvgIpc) is 2.34. The van der Waals surface area contributed by atoms with Gasteiger partial charge in [-0.05, 0) is 37.6 Å². The topological polar surface area (TPSA) is 24.5 Å². The third kappa shape index (κ3) is 3.94. The van der Waals surface area contributed by atoms with Crippen LogP contribution in [0, 0.1) is 11.8 Å². The van der Waals surface area contributed by atoms with Gasteiger partial charge in [0.15, 0.2) is 0 Å². The Bertz CT molecular complexity index is 216. The fourth-order valence-corrected chi connectivity index (χ4v) is 3.35. The van der Waals surface area contributed by atoms with Crippen molar-refractivity contribution in [2.75, 3.05) is 39.4 Å². The standard InChI is InChI=1S/C14H28N2O/c1-3-15-14-5-4-12(2)10-13(14)11-16-6-8-17-9-7-16/h12-15H,3-11H2,1-2H3. The molecule has 0 radical (unpaired) electrons. The number of hydrogen-bond donors (Lipinski definition) is 1. The van der Waals surface area contributed by atoms with Crippen LogP contribution < -0.4 is 5.32 Å². The highest BCUT2D eigenvalue weighted by atomic mass is 16.5. The first-order valence-corrected chi connectivity index (χ1v) is 7.33. The maximum Gasteiger partial charge on any atom is 0.0594 e. The predicted molar refractivity (Wildman–Crippen MR) is 71.2 cm³/mol. The van der Waals surface area contributed by atoms with Crippen molar-refractivity contribution in [1.82, 2.24) is 10.2 Å². The Labute approximate surface area is 106 Å². The van der Waals surface area contributed by atoms with Gasteiger partial charge in [0.25, 0.3) is 0 Å². The summed E-state index contributed by atoms with van der Waals surface area (Å²) in [6, 6.07) is 0.749. The largest absolute Gasteiger partial charge is 0.379 e. The molecule has 2 rings (SSSR count). The summed E-state index contributed by atoms with van der Waals surface area (Å²) in [5.41, 5.74) is 0. The van der Waals surface area contributed by atoms with E-state index in [1.54, 1.807) is 0 Å². The van der Waals surface area contributed by atoms with Gasteiger partial charge in [0, 0.05) is 25.7 Å². The molecule has 0 spiro atoms. The molecule has 2 aliphatic rings. The fourth-order valence-electron chi connectivity index (χ4n) is 3.35. The molecule has 1 saturated carbocycles. The Balaban J connectivity index is 1.85. The number of hydrogen-bond acceptors (Lipinski definition) is 3. The summed E-state index contributed by atoms with van der Waals surface area (Å²) in [5.74, 6) is 1.76. The van der Waals surface area contributed by atoms with Crippen molar-refractivity contribution < 1.29 is 4.74 Å². The minimum absolute atomic E-state index is 0.749. The van der Waals surface area contributed by atoms with Gasteiger partial charge in [0.2, 0.25) is 0 Å². The van der Waals surface area contributed by atoms with Gasteiger partial charge in [0.05, 0.1) is 13.2 Å². The summed E-state index contributed by atoms with van der Waals surface area (Å²) in [4.78, 5) is 2.59. The molecule has 3 atom stereocenters. The van der Waals surface area contributed by atoms with Crippen LogP contribution in [-0.2, 0) is 4.74 Å². The quantitative estimate of drug-likeness (QED) is 0.810. The van der Waals surface area contributed by atoms with Gasteiger partial charge in [-0.3, -0.25) is 4.90 Å². The van der Waals surface area contributed by atoms with E-state index < -0.39 is 0 Å². The molecular formula is C14H28N2O. The first kappa shape index (κ1) is 13.3. The molecule has 17 heavy (non-hydrogen) atoms. The van der Waals surface area contributed by atoms with E-state index in [2.05, 4.69) is 24.1 Å². The van der Waals surface area contributed by atoms with Crippen LogP contribution in [-0.4, -0.2) is 50.3 Å². The minimum Gasteiger partial charge on any atom is -0.379 e. The summed E-state index contributed by atoms with van der Waals surface area (Å²) in [5, 5.41) is 3.69. The van der Waals surface area contributed by atoms with Gasteiger partial charge in [-0.25, -0.2) is 0 Å². The van der Waals surface area contributed by atoms with Crippen LogP contribution in [0.15, 0.2) is 0 Å². The zero-order valence-corrected chi connectivity index (χ0v) is 11.5.